The Bertz CT molecular complexity index is 82.1. The summed E-state index contributed by atoms with van der Waals surface area (Å²) in [6, 6.07) is 0. The normalized spacial score (nSPS) is 4.36. The van der Waals surface area contributed by atoms with Crippen LogP contribution in [-0.4, -0.2) is 8.64 Å². The van der Waals surface area contributed by atoms with Crippen molar-refractivity contribution in [2.45, 2.75) is 0 Å². The molecule has 0 aromatic rings. The molecule has 0 heterocycles. The van der Waals surface area contributed by atoms with Gasteiger partial charge in [-0.25, -0.2) is 0 Å². The van der Waals surface area contributed by atoms with Gasteiger partial charge in [0.25, 0.3) is 0 Å². The van der Waals surface area contributed by atoms with Crippen molar-refractivity contribution in [1.29, 1.82) is 0 Å². The van der Waals surface area contributed by atoms with Crippen LogP contribution in [0.5, 0.6) is 0 Å². The molecule has 9 heteroatoms. The van der Waals surface area contributed by atoms with E-state index in [1.807, 2.05) is 0 Å². The fourth-order valence-electron chi connectivity index (χ4n) is 0. The van der Waals surface area contributed by atoms with Crippen molar-refractivity contribution in [3.63, 3.8) is 0 Å². The van der Waals surface area contributed by atoms with Gasteiger partial charge < -0.3 is 61.2 Å². The minimum atomic E-state index is -0.167. The van der Waals surface area contributed by atoms with Crippen LogP contribution in [0.4, 0.5) is 0 Å². The Morgan fingerprint density at radius 2 is 0.909 bits per heavy atom. The monoisotopic (exact) mass is 365 g/mol. The summed E-state index contributed by atoms with van der Waals surface area (Å²) in [5.41, 5.74) is 12.3. The first kappa shape index (κ1) is 29.3. The largest absolute Gasteiger partial charge is 2.00 e. The fraction of sp³-hybridized carbons (Fsp3) is 0. The van der Waals surface area contributed by atoms with Gasteiger partial charge in [-0.2, -0.15) is 0 Å². The van der Waals surface area contributed by atoms with Crippen LogP contribution in [0.1, 0.15) is 0 Å². The van der Waals surface area contributed by atoms with Crippen LogP contribution in [0, 0.1) is 0 Å². The van der Waals surface area contributed by atoms with E-state index in [1.54, 1.807) is 0 Å². The molecule has 0 aromatic heterocycles. The van der Waals surface area contributed by atoms with Crippen molar-refractivity contribution in [2.75, 3.05) is 0 Å². The van der Waals surface area contributed by atoms with E-state index in [9.17, 15) is 0 Å². The smallest absolute Gasteiger partial charge is 0.716 e. The van der Waals surface area contributed by atoms with E-state index in [0.717, 1.165) is 0 Å². The quantitative estimate of drug-likeness (QED) is 0.371. The van der Waals surface area contributed by atoms with Gasteiger partial charge in [-0.3, -0.25) is 8.64 Å². The number of thiocarbonyl (C=S) groups is 2. The second-order valence-electron chi connectivity index (χ2n) is 0.575. The predicted octanol–water partition coefficient (Wildman–Crippen LogP) is 1.73. The third-order valence-corrected chi connectivity index (χ3v) is 0. The maximum Gasteiger partial charge on any atom is 2.00 e. The third kappa shape index (κ3) is 303. The second kappa shape index (κ2) is 22.7. The molecule has 0 rings (SSSR count). The number of nitrogens with one attached hydrogen (secondary N) is 2. The molecule has 0 aliphatic rings. The van der Waals surface area contributed by atoms with E-state index in [2.05, 4.69) is 49.7 Å². The van der Waals surface area contributed by atoms with E-state index in [4.69, 9.17) is 11.5 Å². The minimum absolute atomic E-state index is 0. The average molecular weight is 368 g/mol. The Morgan fingerprint density at radius 3 is 0.909 bits per heavy atom. The summed E-state index contributed by atoms with van der Waals surface area (Å²) in [5.74, 6) is 0. The molecule has 0 aliphatic carbocycles. The zero-order valence-corrected chi connectivity index (χ0v) is 15.8. The van der Waals surface area contributed by atoms with Crippen LogP contribution in [0.3, 0.4) is 0 Å². The first-order valence-electron chi connectivity index (χ1n) is 1.32. The van der Waals surface area contributed by atoms with Gasteiger partial charge >= 0.3 is 17.1 Å². The van der Waals surface area contributed by atoms with Crippen molar-refractivity contribution in [3.05, 3.63) is 11.5 Å². The summed E-state index contributed by atoms with van der Waals surface area (Å²) in [6.07, 6.45) is 0. The van der Waals surface area contributed by atoms with Gasteiger partial charge in [-0.15, -0.1) is 0 Å². The molecular formula is C2H2MnN2S4Zn2-2. The molecule has 0 amide bonds. The third-order valence-electron chi connectivity index (χ3n) is 0. The number of rotatable bonds is 0. The number of hydrogen-bond acceptors (Lipinski definition) is 4. The van der Waals surface area contributed by atoms with Crippen molar-refractivity contribution in [3.8, 4) is 0 Å². The van der Waals surface area contributed by atoms with E-state index >= 15 is 0 Å². The molecule has 2 nitrogen and oxygen atoms in total. The number of hydrogen-bond donors (Lipinski definition) is 0. The zero-order valence-electron chi connectivity index (χ0n) is 5.43. The molecule has 0 unspecified atom stereocenters. The van der Waals surface area contributed by atoms with E-state index in [0.29, 0.717) is 0 Å². The fourth-order valence-corrected chi connectivity index (χ4v) is 0. The molecule has 11 heavy (non-hydrogen) atoms. The van der Waals surface area contributed by atoms with Crippen LogP contribution in [0.25, 0.3) is 11.5 Å². The standard InChI is InChI=1S/2CH3NS2.Mn.2Zn/c2*2-1(3)4;;;/h2*(H3,2,3,4);;;/q;;+2;;/p-4. The van der Waals surface area contributed by atoms with E-state index < -0.39 is 0 Å². The summed E-state index contributed by atoms with van der Waals surface area (Å²) < 4.78 is -0.333. The van der Waals surface area contributed by atoms with Crippen LogP contribution in [0.15, 0.2) is 0 Å². The zero-order chi connectivity index (χ0) is 7.15. The Labute approximate surface area is 124 Å². The van der Waals surface area contributed by atoms with Gasteiger partial charge in [-0.1, -0.05) is 0 Å². The van der Waals surface area contributed by atoms with Gasteiger partial charge in [0.2, 0.25) is 0 Å². The molecule has 0 spiro atoms. The summed E-state index contributed by atoms with van der Waals surface area (Å²) in [4.78, 5) is 0. The molecule has 0 saturated heterocycles. The van der Waals surface area contributed by atoms with Crippen LogP contribution >= 0.6 is 24.4 Å². The van der Waals surface area contributed by atoms with Crippen molar-refractivity contribution >= 4 is 58.3 Å². The molecule has 2 N–H and O–H groups in total. The van der Waals surface area contributed by atoms with E-state index in [-0.39, 0.29) is 64.7 Å². The molecule has 0 atom stereocenters. The van der Waals surface area contributed by atoms with Gasteiger partial charge in [-0.05, 0) is 0 Å². The maximum absolute atomic E-state index is 6.13. The maximum atomic E-state index is 6.13. The first-order chi connectivity index (χ1) is 3.46. The first-order valence-corrected chi connectivity index (χ1v) is 2.95. The van der Waals surface area contributed by atoms with Crippen molar-refractivity contribution in [2.24, 2.45) is 0 Å². The van der Waals surface area contributed by atoms with Gasteiger partial charge in [0.05, 0.1) is 0 Å². The summed E-state index contributed by atoms with van der Waals surface area (Å²) >= 11 is 16.1. The van der Waals surface area contributed by atoms with Crippen LogP contribution in [-0.2, 0) is 81.3 Å². The van der Waals surface area contributed by atoms with Gasteiger partial charge in [0, 0.05) is 39.0 Å². The predicted molar refractivity (Wildman–Crippen MR) is 48.6 cm³/mol. The SMILES string of the molecule is [Mn+2].[NH-]C(=S)[S-].[NH-]C(=S)[S-].[Zn].[Zn]. The van der Waals surface area contributed by atoms with Crippen LogP contribution in [0.2, 0.25) is 0 Å². The molecule has 0 aromatic carbocycles. The Hall–Kier alpha value is 1.99. The molecule has 1 radical (unpaired) electrons. The minimum Gasteiger partial charge on any atom is -0.716 e. The molecule has 0 bridgehead atoms. The molecule has 0 fully saturated rings. The molecular weight excluding hydrogens is 366 g/mol. The van der Waals surface area contributed by atoms with Gasteiger partial charge in [0.15, 0.2) is 0 Å². The second-order valence-corrected chi connectivity index (χ2v) is 2.72. The summed E-state index contributed by atoms with van der Waals surface area (Å²) in [6.45, 7) is 0. The topological polar surface area (TPSA) is 47.6 Å². The molecule has 0 saturated carbocycles. The molecule has 0 aliphatic heterocycles. The Morgan fingerprint density at radius 1 is 0.909 bits per heavy atom. The Balaban J connectivity index is -0.0000000171. The van der Waals surface area contributed by atoms with Crippen molar-refractivity contribution < 1.29 is 56.0 Å². The van der Waals surface area contributed by atoms with Crippen molar-refractivity contribution in [1.82, 2.24) is 0 Å². The Kier molecular flexibility index (Phi) is 60.3. The summed E-state index contributed by atoms with van der Waals surface area (Å²) in [7, 11) is 0. The average Bonchev–Trinajstić information content (AvgIpc) is 1.25. The molecule has 57 valence electrons. The van der Waals surface area contributed by atoms with E-state index in [1.165, 1.54) is 0 Å². The summed E-state index contributed by atoms with van der Waals surface area (Å²) in [5, 5.41) is 0. The van der Waals surface area contributed by atoms with Gasteiger partial charge in [0.1, 0.15) is 0 Å². The van der Waals surface area contributed by atoms with Crippen LogP contribution < -0.4 is 0 Å².